The number of sulfonamides is 1. The molecule has 46 heavy (non-hydrogen) atoms. The van der Waals surface area contributed by atoms with Crippen molar-refractivity contribution in [3.8, 4) is 22.9 Å². The van der Waals surface area contributed by atoms with Crippen LogP contribution in [-0.4, -0.2) is 63.6 Å². The highest BCUT2D eigenvalue weighted by molar-refractivity contribution is 7.91. The molecule has 12 nitrogen and oxygen atoms in total. The molecular formula is C32H30FN7O5S. The van der Waals surface area contributed by atoms with Crippen LogP contribution in [0.5, 0.6) is 11.6 Å². The largest absolute Gasteiger partial charge is 0.465 e. The van der Waals surface area contributed by atoms with Crippen LogP contribution >= 0.6 is 0 Å². The Bertz CT molecular complexity index is 2010. The first kappa shape index (κ1) is 30.6. The van der Waals surface area contributed by atoms with E-state index in [1.807, 2.05) is 6.92 Å². The Balaban J connectivity index is 1.30. The first-order chi connectivity index (χ1) is 22.2. The zero-order chi connectivity index (χ0) is 32.3. The maximum absolute atomic E-state index is 15.2. The maximum atomic E-state index is 15.2. The molecule has 0 spiro atoms. The Morgan fingerprint density at radius 3 is 2.65 bits per heavy atom. The number of amides is 1. The highest BCUT2D eigenvalue weighted by Gasteiger charge is 2.24. The van der Waals surface area contributed by atoms with E-state index in [0.717, 1.165) is 12.8 Å². The number of carboxylic acid groups (broad SMARTS) is 1. The number of hydrogen-bond acceptors (Lipinski definition) is 9. The van der Waals surface area contributed by atoms with E-state index in [9.17, 15) is 18.3 Å². The van der Waals surface area contributed by atoms with Crippen molar-refractivity contribution in [1.82, 2.24) is 24.8 Å². The van der Waals surface area contributed by atoms with Crippen LogP contribution in [0.25, 0.3) is 22.0 Å². The van der Waals surface area contributed by atoms with Gasteiger partial charge in [-0.05, 0) is 67.8 Å². The van der Waals surface area contributed by atoms with Crippen LogP contribution in [-0.2, 0) is 15.8 Å². The van der Waals surface area contributed by atoms with Crippen molar-refractivity contribution in [2.75, 3.05) is 23.1 Å². The van der Waals surface area contributed by atoms with Gasteiger partial charge < -0.3 is 20.1 Å². The van der Waals surface area contributed by atoms with Crippen LogP contribution in [0.3, 0.4) is 0 Å². The number of aryl methyl sites for hydroxylation is 1. The number of nitrogens with one attached hydrogen (secondary N) is 2. The topological polar surface area (TPSA) is 160 Å². The van der Waals surface area contributed by atoms with Gasteiger partial charge in [-0.3, -0.25) is 9.71 Å². The van der Waals surface area contributed by atoms with Crippen molar-refractivity contribution < 1.29 is 27.4 Å². The number of nitrogens with zero attached hydrogens (tertiary/aromatic N) is 5. The minimum atomic E-state index is -4.01. The van der Waals surface area contributed by atoms with Crippen LogP contribution in [0.15, 0.2) is 79.3 Å². The predicted octanol–water partition coefficient (Wildman–Crippen LogP) is 5.82. The smallest absolute Gasteiger partial charge is 0.407 e. The fraction of sp³-hybridized carbons (Fsp3) is 0.219. The van der Waals surface area contributed by atoms with Gasteiger partial charge >= 0.3 is 6.09 Å². The van der Waals surface area contributed by atoms with Gasteiger partial charge in [0.2, 0.25) is 21.9 Å². The average Bonchev–Trinajstić information content (AvgIpc) is 3.04. The summed E-state index contributed by atoms with van der Waals surface area (Å²) in [6.07, 6.45) is 5.20. The van der Waals surface area contributed by atoms with Gasteiger partial charge in [-0.2, -0.15) is 0 Å². The van der Waals surface area contributed by atoms with Gasteiger partial charge in [0.15, 0.2) is 0 Å². The second-order valence-corrected chi connectivity index (χ2v) is 12.6. The van der Waals surface area contributed by atoms with Crippen LogP contribution in [0.1, 0.15) is 24.1 Å². The number of ether oxygens (including phenoxy) is 1. The predicted molar refractivity (Wildman–Crippen MR) is 171 cm³/mol. The number of pyridine rings is 2. The Labute approximate surface area is 264 Å². The number of piperidine rings is 1. The summed E-state index contributed by atoms with van der Waals surface area (Å²) in [5, 5.41) is 13.4. The number of rotatable bonds is 9. The minimum Gasteiger partial charge on any atom is -0.465 e. The van der Waals surface area contributed by atoms with Gasteiger partial charge in [-0.1, -0.05) is 18.2 Å². The molecule has 1 unspecified atom stereocenters. The first-order valence-electron chi connectivity index (χ1n) is 14.5. The minimum absolute atomic E-state index is 0.140. The van der Waals surface area contributed by atoms with E-state index in [2.05, 4.69) is 30.0 Å². The monoisotopic (exact) mass is 643 g/mol. The molecule has 4 heterocycles. The lowest BCUT2D eigenvalue weighted by Gasteiger charge is -2.31. The molecule has 1 amide bonds. The fourth-order valence-corrected chi connectivity index (χ4v) is 6.51. The second-order valence-electron chi connectivity index (χ2n) is 10.8. The van der Waals surface area contributed by atoms with Crippen LogP contribution in [0, 0.1) is 12.7 Å². The van der Waals surface area contributed by atoms with Gasteiger partial charge in [0.25, 0.3) is 0 Å². The Kier molecular flexibility index (Phi) is 8.61. The van der Waals surface area contributed by atoms with Crippen molar-refractivity contribution >= 4 is 38.5 Å². The highest BCUT2D eigenvalue weighted by atomic mass is 32.2. The number of benzene rings is 2. The molecule has 0 saturated carbocycles. The molecule has 6 rings (SSSR count). The molecule has 0 radical (unpaired) electrons. The Hall–Kier alpha value is -5.37. The van der Waals surface area contributed by atoms with Crippen molar-refractivity contribution in [2.45, 2.75) is 31.6 Å². The number of hydrogen-bond donors (Lipinski definition) is 3. The molecule has 1 atom stereocenters. The van der Waals surface area contributed by atoms with Gasteiger partial charge in [0, 0.05) is 48.5 Å². The van der Waals surface area contributed by atoms with Gasteiger partial charge in [-0.15, -0.1) is 0 Å². The molecule has 2 aromatic carbocycles. The molecule has 0 aliphatic carbocycles. The average molecular weight is 644 g/mol. The number of fused-ring (bicyclic) bond motifs is 1. The van der Waals surface area contributed by atoms with Gasteiger partial charge in [-0.25, -0.2) is 32.6 Å². The van der Waals surface area contributed by atoms with Crippen molar-refractivity contribution in [1.29, 1.82) is 0 Å². The number of anilines is 2. The third-order valence-electron chi connectivity index (χ3n) is 7.55. The van der Waals surface area contributed by atoms with E-state index >= 15 is 4.39 Å². The molecule has 1 saturated heterocycles. The fourth-order valence-electron chi connectivity index (χ4n) is 5.36. The third kappa shape index (κ3) is 6.81. The van der Waals surface area contributed by atoms with Crippen molar-refractivity contribution in [2.24, 2.45) is 0 Å². The quantitative estimate of drug-likeness (QED) is 0.179. The summed E-state index contributed by atoms with van der Waals surface area (Å²) in [5.74, 6) is -0.241. The lowest BCUT2D eigenvalue weighted by atomic mass is 10.0. The summed E-state index contributed by atoms with van der Waals surface area (Å²) in [6.45, 7) is 2.64. The van der Waals surface area contributed by atoms with Gasteiger partial charge in [0.1, 0.15) is 17.3 Å². The molecule has 5 aromatic rings. The lowest BCUT2D eigenvalue weighted by Crippen LogP contribution is -2.44. The molecule has 0 bridgehead atoms. The van der Waals surface area contributed by atoms with E-state index < -0.39 is 27.7 Å². The van der Waals surface area contributed by atoms with E-state index in [-0.39, 0.29) is 17.6 Å². The second kappa shape index (κ2) is 12.9. The summed E-state index contributed by atoms with van der Waals surface area (Å²) < 4.78 is 49.9. The van der Waals surface area contributed by atoms with Gasteiger partial charge in [0.05, 0.1) is 22.6 Å². The molecule has 1 aliphatic heterocycles. The number of halogens is 1. The van der Waals surface area contributed by atoms with E-state index in [4.69, 9.17) is 4.74 Å². The molecule has 3 N–H and O–H groups in total. The van der Waals surface area contributed by atoms with E-state index in [1.54, 1.807) is 60.9 Å². The van der Waals surface area contributed by atoms with E-state index in [1.165, 1.54) is 23.2 Å². The molecule has 1 fully saturated rings. The normalized spacial score (nSPS) is 15.0. The standard InChI is InChI=1S/C32H30FN7O5S/c1-20-9-10-23-24(11-12-26(33)28(23)39-46(43,44)19-22-6-2-3-14-34-22)29(20)45-30-25(8-4-15-35-30)27-13-16-36-31(38-27)37-21-7-5-17-40(18-21)32(41)42/h2-4,6,8-16,21,39H,5,7,17-19H2,1H3,(H,41,42)(H,36,37,38). The number of aromatic nitrogens is 4. The Morgan fingerprint density at radius 1 is 1.02 bits per heavy atom. The number of carbonyl (C=O) groups is 1. The lowest BCUT2D eigenvalue weighted by molar-refractivity contribution is 0.132. The number of likely N-dealkylation sites (tertiary alicyclic amines) is 1. The summed E-state index contributed by atoms with van der Waals surface area (Å²) in [6, 6.07) is 16.1. The molecular weight excluding hydrogens is 613 g/mol. The van der Waals surface area contributed by atoms with Crippen LogP contribution < -0.4 is 14.8 Å². The summed E-state index contributed by atoms with van der Waals surface area (Å²) in [7, 11) is -4.01. The highest BCUT2D eigenvalue weighted by Crippen LogP contribution is 2.39. The zero-order valence-corrected chi connectivity index (χ0v) is 25.5. The zero-order valence-electron chi connectivity index (χ0n) is 24.7. The molecule has 1 aliphatic rings. The summed E-state index contributed by atoms with van der Waals surface area (Å²) in [4.78, 5) is 30.3. The first-order valence-corrected chi connectivity index (χ1v) is 16.1. The van der Waals surface area contributed by atoms with Crippen LogP contribution in [0.4, 0.5) is 20.8 Å². The molecule has 236 valence electrons. The third-order valence-corrected chi connectivity index (χ3v) is 8.74. The van der Waals surface area contributed by atoms with Crippen molar-refractivity contribution in [3.05, 3.63) is 96.3 Å². The SMILES string of the molecule is Cc1ccc2c(NS(=O)(=O)Cc3ccccn3)c(F)ccc2c1Oc1ncccc1-c1ccnc(NC2CCCN(C(=O)O)C2)n1. The molecule has 3 aromatic heterocycles. The molecule has 14 heteroatoms. The van der Waals surface area contributed by atoms with Crippen molar-refractivity contribution in [3.63, 3.8) is 0 Å². The maximum Gasteiger partial charge on any atom is 0.407 e. The van der Waals surface area contributed by atoms with Crippen LogP contribution in [0.2, 0.25) is 0 Å². The van der Waals surface area contributed by atoms with E-state index in [0.29, 0.717) is 58.1 Å². The Morgan fingerprint density at radius 2 is 1.85 bits per heavy atom. The summed E-state index contributed by atoms with van der Waals surface area (Å²) >= 11 is 0. The summed E-state index contributed by atoms with van der Waals surface area (Å²) in [5.41, 5.74) is 1.90.